The third-order valence-corrected chi connectivity index (χ3v) is 2.71. The quantitative estimate of drug-likeness (QED) is 0.837. The predicted octanol–water partition coefficient (Wildman–Crippen LogP) is 1.91. The number of alkyl halides is 3. The molecule has 0 saturated carbocycles. The molecule has 1 rings (SSSR count). The van der Waals surface area contributed by atoms with E-state index in [2.05, 4.69) is 0 Å². The number of rotatable bonds is 3. The summed E-state index contributed by atoms with van der Waals surface area (Å²) in [7, 11) is 0. The maximum absolute atomic E-state index is 12.3. The zero-order valence-corrected chi connectivity index (χ0v) is 8.88. The van der Waals surface area contributed by atoms with Crippen LogP contribution in [0.2, 0.25) is 0 Å². The average molecular weight is 233 g/mol. The molecule has 0 radical (unpaired) electrons. The fraction of sp³-hybridized carbons (Fsp3) is 0.455. The van der Waals surface area contributed by atoms with Gasteiger partial charge in [0.2, 0.25) is 0 Å². The van der Waals surface area contributed by atoms with E-state index in [1.165, 1.54) is 12.1 Å². The Morgan fingerprint density at radius 1 is 1.12 bits per heavy atom. The van der Waals surface area contributed by atoms with Gasteiger partial charge in [0, 0.05) is 12.0 Å². The molecule has 0 aliphatic carbocycles. The highest BCUT2D eigenvalue weighted by Crippen LogP contribution is 2.31. The van der Waals surface area contributed by atoms with Gasteiger partial charge in [0.1, 0.15) is 0 Å². The highest BCUT2D eigenvalue weighted by molar-refractivity contribution is 5.30. The van der Waals surface area contributed by atoms with Gasteiger partial charge in [-0.05, 0) is 17.7 Å². The Kier molecular flexibility index (Phi) is 3.60. The molecule has 0 heterocycles. The average Bonchev–Trinajstić information content (AvgIpc) is 2.27. The van der Waals surface area contributed by atoms with Crippen LogP contribution in [-0.2, 0) is 11.6 Å². The third kappa shape index (κ3) is 2.54. The van der Waals surface area contributed by atoms with Crippen LogP contribution in [0.1, 0.15) is 18.1 Å². The monoisotopic (exact) mass is 233 g/mol. The van der Waals surface area contributed by atoms with Crippen molar-refractivity contribution in [3.63, 3.8) is 0 Å². The van der Waals surface area contributed by atoms with Crippen molar-refractivity contribution in [2.75, 3.05) is 13.2 Å². The first-order valence-corrected chi connectivity index (χ1v) is 4.82. The summed E-state index contributed by atoms with van der Waals surface area (Å²) in [4.78, 5) is 0. The number of aliphatic hydroxyl groups excluding tert-OH is 1. The van der Waals surface area contributed by atoms with E-state index in [9.17, 15) is 13.2 Å². The standard InChI is InChI=1S/C11H14F3NO/c1-10(6-15,7-16)8-2-4-9(5-3-8)11(12,13)14/h2-5,16H,6-7,15H2,1H3. The van der Waals surface area contributed by atoms with Crippen molar-refractivity contribution in [3.05, 3.63) is 35.4 Å². The molecule has 3 N–H and O–H groups in total. The topological polar surface area (TPSA) is 46.2 Å². The van der Waals surface area contributed by atoms with Gasteiger partial charge in [0.25, 0.3) is 0 Å². The molecule has 0 aliphatic heterocycles. The molecule has 5 heteroatoms. The van der Waals surface area contributed by atoms with E-state index in [0.29, 0.717) is 5.56 Å². The van der Waals surface area contributed by atoms with Crippen molar-refractivity contribution in [3.8, 4) is 0 Å². The van der Waals surface area contributed by atoms with Crippen LogP contribution in [0.25, 0.3) is 0 Å². The molecule has 1 atom stereocenters. The van der Waals surface area contributed by atoms with Crippen molar-refractivity contribution in [2.45, 2.75) is 18.5 Å². The van der Waals surface area contributed by atoms with Gasteiger partial charge in [-0.15, -0.1) is 0 Å². The molecule has 16 heavy (non-hydrogen) atoms. The summed E-state index contributed by atoms with van der Waals surface area (Å²) < 4.78 is 36.9. The molecule has 0 saturated heterocycles. The summed E-state index contributed by atoms with van der Waals surface area (Å²) in [5.74, 6) is 0. The van der Waals surface area contributed by atoms with Crippen LogP contribution in [-0.4, -0.2) is 18.3 Å². The Hall–Kier alpha value is -1.07. The molecular formula is C11H14F3NO. The Morgan fingerprint density at radius 2 is 1.56 bits per heavy atom. The molecule has 1 unspecified atom stereocenters. The molecule has 2 nitrogen and oxygen atoms in total. The van der Waals surface area contributed by atoms with Gasteiger partial charge >= 0.3 is 6.18 Å². The lowest BCUT2D eigenvalue weighted by Gasteiger charge is -2.26. The molecule has 0 fully saturated rings. The first-order valence-electron chi connectivity index (χ1n) is 4.82. The van der Waals surface area contributed by atoms with E-state index in [1.807, 2.05) is 0 Å². The fourth-order valence-corrected chi connectivity index (χ4v) is 1.34. The molecule has 0 aliphatic rings. The molecule has 0 aromatic heterocycles. The van der Waals surface area contributed by atoms with E-state index >= 15 is 0 Å². The van der Waals surface area contributed by atoms with Crippen molar-refractivity contribution in [1.82, 2.24) is 0 Å². The van der Waals surface area contributed by atoms with Gasteiger partial charge < -0.3 is 10.8 Å². The Balaban J connectivity index is 3.04. The first kappa shape index (κ1) is 13.0. The predicted molar refractivity (Wildman–Crippen MR) is 54.9 cm³/mol. The third-order valence-electron chi connectivity index (χ3n) is 2.71. The summed E-state index contributed by atoms with van der Waals surface area (Å²) >= 11 is 0. The number of hydrogen-bond acceptors (Lipinski definition) is 2. The fourth-order valence-electron chi connectivity index (χ4n) is 1.34. The van der Waals surface area contributed by atoms with Crippen molar-refractivity contribution in [2.24, 2.45) is 5.73 Å². The van der Waals surface area contributed by atoms with Gasteiger partial charge in [-0.3, -0.25) is 0 Å². The molecule has 0 amide bonds. The van der Waals surface area contributed by atoms with Crippen LogP contribution >= 0.6 is 0 Å². The zero-order chi connectivity index (χ0) is 12.4. The minimum atomic E-state index is -4.34. The SMILES string of the molecule is CC(CN)(CO)c1ccc(C(F)(F)F)cc1. The van der Waals surface area contributed by atoms with E-state index in [4.69, 9.17) is 10.8 Å². The van der Waals surface area contributed by atoms with Crippen LogP contribution < -0.4 is 5.73 Å². The maximum atomic E-state index is 12.3. The number of benzene rings is 1. The Bertz CT molecular complexity index is 341. The lowest BCUT2D eigenvalue weighted by Crippen LogP contribution is -2.35. The first-order chi connectivity index (χ1) is 7.33. The van der Waals surface area contributed by atoms with Crippen LogP contribution in [0.15, 0.2) is 24.3 Å². The van der Waals surface area contributed by atoms with Crippen LogP contribution in [0.5, 0.6) is 0 Å². The summed E-state index contributed by atoms with van der Waals surface area (Å²) in [6, 6.07) is 4.70. The molecule has 90 valence electrons. The molecule has 1 aromatic rings. The highest BCUT2D eigenvalue weighted by atomic mass is 19.4. The van der Waals surface area contributed by atoms with Crippen LogP contribution in [0.3, 0.4) is 0 Å². The minimum absolute atomic E-state index is 0.175. The van der Waals surface area contributed by atoms with Gasteiger partial charge in [-0.1, -0.05) is 19.1 Å². The Labute approximate surface area is 91.9 Å². The van der Waals surface area contributed by atoms with Gasteiger partial charge in [0.05, 0.1) is 12.2 Å². The second-order valence-corrected chi connectivity index (χ2v) is 4.00. The molecule has 0 bridgehead atoms. The second kappa shape index (κ2) is 4.43. The Morgan fingerprint density at radius 3 is 1.88 bits per heavy atom. The van der Waals surface area contributed by atoms with Crippen LogP contribution in [0, 0.1) is 0 Å². The molecule has 1 aromatic carbocycles. The number of aliphatic hydroxyl groups is 1. The summed E-state index contributed by atoms with van der Waals surface area (Å²) in [6.07, 6.45) is -4.34. The summed E-state index contributed by atoms with van der Waals surface area (Å²) in [5, 5.41) is 9.17. The van der Waals surface area contributed by atoms with E-state index in [-0.39, 0.29) is 13.2 Å². The number of halogens is 3. The van der Waals surface area contributed by atoms with Crippen molar-refractivity contribution >= 4 is 0 Å². The van der Waals surface area contributed by atoms with Gasteiger partial charge in [0.15, 0.2) is 0 Å². The summed E-state index contributed by atoms with van der Waals surface area (Å²) in [6.45, 7) is 1.68. The van der Waals surface area contributed by atoms with E-state index < -0.39 is 17.2 Å². The normalized spacial score (nSPS) is 15.9. The number of hydrogen-bond donors (Lipinski definition) is 2. The second-order valence-electron chi connectivity index (χ2n) is 4.00. The minimum Gasteiger partial charge on any atom is -0.395 e. The zero-order valence-electron chi connectivity index (χ0n) is 8.88. The van der Waals surface area contributed by atoms with Gasteiger partial charge in [-0.2, -0.15) is 13.2 Å². The smallest absolute Gasteiger partial charge is 0.395 e. The number of nitrogens with two attached hydrogens (primary N) is 1. The van der Waals surface area contributed by atoms with Crippen molar-refractivity contribution < 1.29 is 18.3 Å². The maximum Gasteiger partial charge on any atom is 0.416 e. The highest BCUT2D eigenvalue weighted by Gasteiger charge is 2.31. The van der Waals surface area contributed by atoms with Crippen molar-refractivity contribution in [1.29, 1.82) is 0 Å². The summed E-state index contributed by atoms with van der Waals surface area (Å²) in [5.41, 5.74) is 4.70. The van der Waals surface area contributed by atoms with Crippen LogP contribution in [0.4, 0.5) is 13.2 Å². The molecule has 0 spiro atoms. The van der Waals surface area contributed by atoms with E-state index in [0.717, 1.165) is 12.1 Å². The molecular weight excluding hydrogens is 219 g/mol. The lowest BCUT2D eigenvalue weighted by atomic mass is 9.83. The van der Waals surface area contributed by atoms with E-state index in [1.54, 1.807) is 6.92 Å². The van der Waals surface area contributed by atoms with Gasteiger partial charge in [-0.25, -0.2) is 0 Å². The lowest BCUT2D eigenvalue weighted by molar-refractivity contribution is -0.137. The largest absolute Gasteiger partial charge is 0.416 e.